The third kappa shape index (κ3) is 3.63. The lowest BCUT2D eigenvalue weighted by atomic mass is 10.1. The molecule has 0 aliphatic rings. The van der Waals surface area contributed by atoms with Crippen molar-refractivity contribution in [3.8, 4) is 0 Å². The predicted octanol–water partition coefficient (Wildman–Crippen LogP) is 2.26. The van der Waals surface area contributed by atoms with Crippen LogP contribution in [0, 0.1) is 0 Å². The van der Waals surface area contributed by atoms with Gasteiger partial charge in [-0.15, -0.1) is 0 Å². The van der Waals surface area contributed by atoms with Gasteiger partial charge < -0.3 is 9.47 Å². The van der Waals surface area contributed by atoms with Crippen LogP contribution >= 0.6 is 0 Å². The number of ether oxygens (including phenoxy) is 2. The van der Waals surface area contributed by atoms with E-state index in [1.807, 2.05) is 18.2 Å². The van der Waals surface area contributed by atoms with Crippen LogP contribution in [0.15, 0.2) is 30.3 Å². The summed E-state index contributed by atoms with van der Waals surface area (Å²) in [5.74, 6) is 0. The molecule has 0 aliphatic heterocycles. The van der Waals surface area contributed by atoms with Crippen LogP contribution in [0.4, 0.5) is 0 Å². The summed E-state index contributed by atoms with van der Waals surface area (Å²) in [6, 6.07) is 10.6. The Hall–Kier alpha value is -0.900. The highest BCUT2D eigenvalue weighted by Crippen LogP contribution is 2.19. The Morgan fingerprint density at radius 3 is 2.07 bits per heavy atom. The van der Waals surface area contributed by atoms with Gasteiger partial charge in [0.25, 0.3) is 0 Å². The van der Waals surface area contributed by atoms with Gasteiger partial charge in [-0.3, -0.25) is 4.90 Å². The molecule has 15 heavy (non-hydrogen) atoms. The summed E-state index contributed by atoms with van der Waals surface area (Å²) < 4.78 is 10.3. The number of nitrogens with zero attached hydrogens (tertiary/aromatic N) is 1. The molecule has 0 radical (unpaired) electrons. The summed E-state index contributed by atoms with van der Waals surface area (Å²) in [4.78, 5) is 2.12. The van der Waals surface area contributed by atoms with Gasteiger partial charge in [0.1, 0.15) is 13.5 Å². The van der Waals surface area contributed by atoms with Crippen LogP contribution in [0.25, 0.3) is 0 Å². The van der Waals surface area contributed by atoms with Crippen LogP contribution in [0.5, 0.6) is 0 Å². The maximum Gasteiger partial charge on any atom is 0.101 e. The van der Waals surface area contributed by atoms with E-state index in [4.69, 9.17) is 9.47 Å². The largest absolute Gasteiger partial charge is 0.369 e. The Labute approximate surface area is 91.6 Å². The predicted molar refractivity (Wildman–Crippen MR) is 60.4 cm³/mol. The van der Waals surface area contributed by atoms with Crippen molar-refractivity contribution < 1.29 is 9.47 Å². The van der Waals surface area contributed by atoms with Gasteiger partial charge in [0.05, 0.1) is 0 Å². The number of benzene rings is 1. The molecule has 1 aromatic carbocycles. The molecule has 1 atom stereocenters. The fraction of sp³-hybridized carbons (Fsp3) is 0.500. The molecule has 1 rings (SSSR count). The Morgan fingerprint density at radius 1 is 1.07 bits per heavy atom. The van der Waals surface area contributed by atoms with E-state index >= 15 is 0 Å². The SMILES string of the molecule is COCN(COC)C(C)c1ccccc1. The highest BCUT2D eigenvalue weighted by molar-refractivity contribution is 5.18. The molecule has 0 fully saturated rings. The van der Waals surface area contributed by atoms with Crippen molar-refractivity contribution in [3.05, 3.63) is 35.9 Å². The average molecular weight is 209 g/mol. The summed E-state index contributed by atoms with van der Waals surface area (Å²) in [7, 11) is 3.39. The molecule has 0 N–H and O–H groups in total. The molecule has 84 valence electrons. The molecular weight excluding hydrogens is 190 g/mol. The third-order valence-electron chi connectivity index (χ3n) is 2.42. The first-order chi connectivity index (χ1) is 7.29. The van der Waals surface area contributed by atoms with Crippen molar-refractivity contribution >= 4 is 0 Å². The molecule has 0 amide bonds. The second-order valence-corrected chi connectivity index (χ2v) is 3.51. The summed E-state index contributed by atoms with van der Waals surface area (Å²) >= 11 is 0. The smallest absolute Gasteiger partial charge is 0.101 e. The lowest BCUT2D eigenvalue weighted by molar-refractivity contribution is -0.0360. The maximum absolute atomic E-state index is 5.15. The van der Waals surface area contributed by atoms with Crippen molar-refractivity contribution in [2.24, 2.45) is 0 Å². The van der Waals surface area contributed by atoms with E-state index in [9.17, 15) is 0 Å². The molecular formula is C12H19NO2. The summed E-state index contributed by atoms with van der Waals surface area (Å²) in [6.45, 7) is 3.29. The average Bonchev–Trinajstić information content (AvgIpc) is 2.29. The van der Waals surface area contributed by atoms with Gasteiger partial charge in [-0.2, -0.15) is 0 Å². The molecule has 0 aromatic heterocycles. The van der Waals surface area contributed by atoms with Gasteiger partial charge in [-0.1, -0.05) is 30.3 Å². The summed E-state index contributed by atoms with van der Waals surface area (Å²) in [6.07, 6.45) is 0. The highest BCUT2D eigenvalue weighted by Gasteiger charge is 2.14. The minimum absolute atomic E-state index is 0.297. The molecule has 0 spiro atoms. The zero-order valence-electron chi connectivity index (χ0n) is 9.64. The molecule has 0 saturated heterocycles. The highest BCUT2D eigenvalue weighted by atomic mass is 16.5. The number of hydrogen-bond donors (Lipinski definition) is 0. The Balaban J connectivity index is 2.67. The van der Waals surface area contributed by atoms with E-state index in [1.54, 1.807) is 14.2 Å². The molecule has 0 bridgehead atoms. The molecule has 0 saturated carbocycles. The monoisotopic (exact) mass is 209 g/mol. The van der Waals surface area contributed by atoms with Crippen molar-refractivity contribution in [2.75, 3.05) is 27.7 Å². The zero-order chi connectivity index (χ0) is 11.1. The van der Waals surface area contributed by atoms with Crippen LogP contribution in [-0.2, 0) is 9.47 Å². The lowest BCUT2D eigenvalue weighted by Crippen LogP contribution is -2.30. The van der Waals surface area contributed by atoms with Gasteiger partial charge >= 0.3 is 0 Å². The van der Waals surface area contributed by atoms with E-state index in [2.05, 4.69) is 24.0 Å². The van der Waals surface area contributed by atoms with Gasteiger partial charge in [0.2, 0.25) is 0 Å². The maximum atomic E-state index is 5.15. The minimum atomic E-state index is 0.297. The van der Waals surface area contributed by atoms with E-state index in [0.29, 0.717) is 19.5 Å². The van der Waals surface area contributed by atoms with Crippen molar-refractivity contribution in [1.29, 1.82) is 0 Å². The van der Waals surface area contributed by atoms with E-state index in [-0.39, 0.29) is 0 Å². The number of methoxy groups -OCH3 is 2. The first kappa shape index (κ1) is 12.2. The third-order valence-corrected chi connectivity index (χ3v) is 2.42. The van der Waals surface area contributed by atoms with Crippen molar-refractivity contribution in [2.45, 2.75) is 13.0 Å². The molecule has 1 unspecified atom stereocenters. The fourth-order valence-corrected chi connectivity index (χ4v) is 1.53. The Morgan fingerprint density at radius 2 is 1.60 bits per heavy atom. The van der Waals surface area contributed by atoms with Crippen LogP contribution in [0.3, 0.4) is 0 Å². The first-order valence-corrected chi connectivity index (χ1v) is 5.06. The standard InChI is InChI=1S/C12H19NO2/c1-11(12-7-5-4-6-8-12)13(9-14-2)10-15-3/h4-8,11H,9-10H2,1-3H3. The van der Waals surface area contributed by atoms with Crippen LogP contribution in [-0.4, -0.2) is 32.6 Å². The number of rotatable bonds is 6. The van der Waals surface area contributed by atoms with Gasteiger partial charge in [-0.25, -0.2) is 0 Å². The van der Waals surface area contributed by atoms with E-state index in [1.165, 1.54) is 5.56 Å². The quantitative estimate of drug-likeness (QED) is 0.671. The molecule has 3 heteroatoms. The van der Waals surface area contributed by atoms with Crippen molar-refractivity contribution in [1.82, 2.24) is 4.90 Å². The Kier molecular flexibility index (Phi) is 5.32. The molecule has 1 aromatic rings. The molecule has 0 heterocycles. The Bertz CT molecular complexity index is 258. The zero-order valence-corrected chi connectivity index (χ0v) is 9.64. The molecule has 0 aliphatic carbocycles. The second kappa shape index (κ2) is 6.56. The summed E-state index contributed by atoms with van der Waals surface area (Å²) in [5, 5.41) is 0. The van der Waals surface area contributed by atoms with Crippen LogP contribution in [0.1, 0.15) is 18.5 Å². The van der Waals surface area contributed by atoms with Gasteiger partial charge in [0.15, 0.2) is 0 Å². The van der Waals surface area contributed by atoms with Gasteiger partial charge in [-0.05, 0) is 12.5 Å². The van der Waals surface area contributed by atoms with E-state index < -0.39 is 0 Å². The van der Waals surface area contributed by atoms with Crippen molar-refractivity contribution in [3.63, 3.8) is 0 Å². The van der Waals surface area contributed by atoms with Gasteiger partial charge in [0, 0.05) is 20.3 Å². The molecule has 3 nitrogen and oxygen atoms in total. The lowest BCUT2D eigenvalue weighted by Gasteiger charge is -2.27. The minimum Gasteiger partial charge on any atom is -0.369 e. The first-order valence-electron chi connectivity index (χ1n) is 5.06. The number of hydrogen-bond acceptors (Lipinski definition) is 3. The topological polar surface area (TPSA) is 21.7 Å². The summed E-state index contributed by atoms with van der Waals surface area (Å²) in [5.41, 5.74) is 1.27. The normalized spacial score (nSPS) is 13.1. The fourth-order valence-electron chi connectivity index (χ4n) is 1.53. The van der Waals surface area contributed by atoms with Crippen LogP contribution < -0.4 is 0 Å². The van der Waals surface area contributed by atoms with Crippen LogP contribution in [0.2, 0.25) is 0 Å². The van der Waals surface area contributed by atoms with E-state index in [0.717, 1.165) is 0 Å². The second-order valence-electron chi connectivity index (χ2n) is 3.51.